The molecule has 9 rings (SSSR count). The number of nitrogens with zero attached hydrogens (tertiary/aromatic N) is 5. The fraction of sp³-hybridized carbons (Fsp3) is 0.500. The van der Waals surface area contributed by atoms with E-state index in [2.05, 4.69) is 54.3 Å². The number of halogens is 1. The highest BCUT2D eigenvalue weighted by molar-refractivity contribution is 7.90. The molecule has 68 heavy (non-hydrogen) atoms. The quantitative estimate of drug-likeness (QED) is 0.0347. The van der Waals surface area contributed by atoms with E-state index in [0.29, 0.717) is 44.2 Å². The monoisotopic (exact) mass is 952 g/mol. The number of aromatic amines is 1. The Morgan fingerprint density at radius 1 is 1.04 bits per heavy atom. The predicted molar refractivity (Wildman–Crippen MR) is 257 cm³/mol. The molecule has 0 unspecified atom stereocenters. The number of hydrogen-bond acceptors (Lipinski definition) is 13. The summed E-state index contributed by atoms with van der Waals surface area (Å²) in [6.45, 7) is 9.55. The molecule has 4 fully saturated rings. The number of aromatic nitrogens is 3. The minimum atomic E-state index is -4.72. The van der Waals surface area contributed by atoms with Crippen molar-refractivity contribution in [2.45, 2.75) is 120 Å². The molecule has 2 aliphatic heterocycles. The number of rotatable bonds is 19. The number of fused-ring (bicyclic) bond motifs is 1. The summed E-state index contributed by atoms with van der Waals surface area (Å²) in [4.78, 5) is 41.1. The van der Waals surface area contributed by atoms with E-state index in [1.807, 2.05) is 11.6 Å². The molecule has 2 saturated carbocycles. The van der Waals surface area contributed by atoms with Gasteiger partial charge in [-0.25, -0.2) is 22.5 Å². The summed E-state index contributed by atoms with van der Waals surface area (Å²) < 4.78 is 56.6. The summed E-state index contributed by atoms with van der Waals surface area (Å²) in [7, 11) is -4.72. The second kappa shape index (κ2) is 19.3. The molecule has 3 aromatic heterocycles. The van der Waals surface area contributed by atoms with Gasteiger partial charge in [-0.05, 0) is 119 Å². The van der Waals surface area contributed by atoms with Crippen molar-refractivity contribution >= 4 is 44.2 Å². The molecule has 18 heteroatoms. The summed E-state index contributed by atoms with van der Waals surface area (Å²) >= 11 is 0. The predicted octanol–water partition coefficient (Wildman–Crippen LogP) is 9.17. The van der Waals surface area contributed by atoms with Gasteiger partial charge in [-0.1, -0.05) is 37.6 Å². The Hall–Kier alpha value is -5.85. The largest absolute Gasteiger partial charge is 0.475 e. The van der Waals surface area contributed by atoms with Crippen LogP contribution >= 0.6 is 0 Å². The van der Waals surface area contributed by atoms with Gasteiger partial charge in [0.25, 0.3) is 21.8 Å². The van der Waals surface area contributed by atoms with Gasteiger partial charge in [0, 0.05) is 68.8 Å². The lowest BCUT2D eigenvalue weighted by Crippen LogP contribution is -2.63. The van der Waals surface area contributed by atoms with Crippen LogP contribution in [0.2, 0.25) is 0 Å². The van der Waals surface area contributed by atoms with Crippen molar-refractivity contribution in [2.75, 3.05) is 49.5 Å². The van der Waals surface area contributed by atoms with Crippen molar-refractivity contribution in [1.29, 1.82) is 0 Å². The van der Waals surface area contributed by atoms with Crippen molar-refractivity contribution in [1.82, 2.24) is 24.6 Å². The number of piperidine rings is 1. The molecule has 4 N–H and O–H groups in total. The van der Waals surface area contributed by atoms with E-state index in [1.165, 1.54) is 44.2 Å². The third-order valence-corrected chi connectivity index (χ3v) is 16.0. The van der Waals surface area contributed by atoms with Crippen LogP contribution in [0.1, 0.15) is 125 Å². The molecule has 2 aliphatic carbocycles. The molecule has 0 bridgehead atoms. The van der Waals surface area contributed by atoms with E-state index in [-0.39, 0.29) is 51.8 Å². The van der Waals surface area contributed by atoms with Gasteiger partial charge < -0.3 is 29.8 Å². The van der Waals surface area contributed by atoms with Crippen LogP contribution in [0.3, 0.4) is 0 Å². The fourth-order valence-electron chi connectivity index (χ4n) is 10.5. The molecule has 0 radical (unpaired) electrons. The normalized spacial score (nSPS) is 20.2. The zero-order valence-corrected chi connectivity index (χ0v) is 39.7. The lowest BCUT2D eigenvalue weighted by atomic mass is 9.70. The molecule has 16 nitrogen and oxygen atoms in total. The van der Waals surface area contributed by atoms with Crippen LogP contribution in [0, 0.1) is 21.3 Å². The Balaban J connectivity index is 0.922. The van der Waals surface area contributed by atoms with Crippen molar-refractivity contribution in [3.63, 3.8) is 0 Å². The Morgan fingerprint density at radius 3 is 2.53 bits per heavy atom. The summed E-state index contributed by atoms with van der Waals surface area (Å²) in [5.41, 5.74) is 2.75. The van der Waals surface area contributed by atoms with Gasteiger partial charge in [0.2, 0.25) is 5.82 Å². The molecule has 5 heterocycles. The number of pyridine rings is 2. The van der Waals surface area contributed by atoms with E-state index in [9.17, 15) is 32.8 Å². The number of nitro groups is 1. The zero-order valence-electron chi connectivity index (χ0n) is 38.9. The second-order valence-electron chi connectivity index (χ2n) is 19.4. The number of aliphatic hydroxyl groups is 1. The molecule has 5 aromatic rings. The molecule has 362 valence electrons. The first-order valence-electron chi connectivity index (χ1n) is 24.0. The summed E-state index contributed by atoms with van der Waals surface area (Å²) in [6.07, 6.45) is 12.8. The third-order valence-electron chi connectivity index (χ3n) is 14.7. The molecular formula is C50H61FN8O8S. The van der Waals surface area contributed by atoms with Gasteiger partial charge in [0.1, 0.15) is 22.1 Å². The fourth-order valence-corrected chi connectivity index (χ4v) is 11.4. The van der Waals surface area contributed by atoms with E-state index in [4.69, 9.17) is 9.47 Å². The Kier molecular flexibility index (Phi) is 13.4. The van der Waals surface area contributed by atoms with Crippen LogP contribution in [-0.4, -0.2) is 95.2 Å². The van der Waals surface area contributed by atoms with E-state index < -0.39 is 42.9 Å². The lowest BCUT2D eigenvalue weighted by Gasteiger charge is -2.57. The molecule has 1 amide bonds. The van der Waals surface area contributed by atoms with Crippen LogP contribution in [-0.2, 0) is 10.0 Å². The highest BCUT2D eigenvalue weighted by Crippen LogP contribution is 2.51. The number of H-pyrrole nitrogens is 1. The number of hydrogen-bond donors (Lipinski definition) is 4. The SMILES string of the molecule is CCOc1nc2[nH]cc(F)c2cc1Oc1cc(N2CCC3(CC2)CN([C@@H]2CCC[C@@H]2c2ccccc2C2CC2)C3)ccc1C(=O)NS(=O)(=O)c1cnc(NCCCC[C@](C)(O)CC)c([N+](=O)[O-])c1. The summed E-state index contributed by atoms with van der Waals surface area (Å²) in [5.74, 6) is -0.480. The van der Waals surface area contributed by atoms with Crippen LogP contribution in [0.5, 0.6) is 17.4 Å². The standard InChI is InChI=1S/C50H61FN8O8S/c1-4-49(3,61)19-8-9-22-52-46-42(59(62)63)26-34(28-53-46)68(64,65)56-47(60)38-18-17-33(25-43(38)67-44-27-39-40(51)29-54-45(39)55-48(44)66-5-2)57-23-20-50(21-24-57)30-58(31-50)41-14-10-13-37(41)36-12-7-6-11-35(36)32-15-16-32/h6-7,11-12,17-18,25-29,32,37,41,61H,4-5,8-10,13-16,19-24,30-31H2,1-3H3,(H,52,53)(H,54,55)(H,56,60)/t37-,41-,49-/m1/s1. The molecule has 1 spiro atoms. The highest BCUT2D eigenvalue weighted by Gasteiger charge is 2.50. The molecular weight excluding hydrogens is 892 g/mol. The van der Waals surface area contributed by atoms with Crippen molar-refractivity contribution in [3.8, 4) is 17.4 Å². The first-order valence-corrected chi connectivity index (χ1v) is 25.5. The Morgan fingerprint density at radius 2 is 1.81 bits per heavy atom. The summed E-state index contributed by atoms with van der Waals surface area (Å²) in [5, 5.41) is 25.4. The maximum Gasteiger partial charge on any atom is 0.312 e. The molecule has 2 aromatic carbocycles. The first-order chi connectivity index (χ1) is 32.7. The zero-order chi connectivity index (χ0) is 47.8. The number of carbonyl (C=O) groups excluding carboxylic acids is 1. The van der Waals surface area contributed by atoms with Crippen LogP contribution in [0.4, 0.5) is 21.6 Å². The average Bonchev–Trinajstić information content (AvgIpc) is 3.95. The van der Waals surface area contributed by atoms with E-state index in [1.54, 1.807) is 37.1 Å². The number of ether oxygens (including phenoxy) is 2. The first kappa shape index (κ1) is 47.2. The van der Waals surface area contributed by atoms with Gasteiger partial charge in [0.15, 0.2) is 5.75 Å². The van der Waals surface area contributed by atoms with Gasteiger partial charge in [0.05, 0.1) is 34.3 Å². The van der Waals surface area contributed by atoms with Gasteiger partial charge in [-0.3, -0.25) is 19.8 Å². The number of carbonyl (C=O) groups is 1. The van der Waals surface area contributed by atoms with Gasteiger partial charge in [-0.2, -0.15) is 4.98 Å². The van der Waals surface area contributed by atoms with Crippen LogP contribution < -0.4 is 24.4 Å². The number of anilines is 2. The van der Waals surface area contributed by atoms with Crippen molar-refractivity contribution < 1.29 is 37.1 Å². The van der Waals surface area contributed by atoms with Crippen molar-refractivity contribution in [2.24, 2.45) is 5.41 Å². The smallest absolute Gasteiger partial charge is 0.312 e. The highest BCUT2D eigenvalue weighted by atomic mass is 32.2. The van der Waals surface area contributed by atoms with E-state index >= 15 is 0 Å². The minimum Gasteiger partial charge on any atom is -0.475 e. The lowest BCUT2D eigenvalue weighted by molar-refractivity contribution is -0.384. The average molecular weight is 953 g/mol. The number of benzene rings is 2. The second-order valence-corrected chi connectivity index (χ2v) is 21.1. The van der Waals surface area contributed by atoms with Crippen LogP contribution in [0.25, 0.3) is 11.0 Å². The topological polar surface area (TPSA) is 205 Å². The number of likely N-dealkylation sites (tertiary alicyclic amines) is 1. The van der Waals surface area contributed by atoms with Crippen molar-refractivity contribution in [3.05, 3.63) is 99.6 Å². The maximum atomic E-state index is 14.9. The molecule has 3 atom stereocenters. The minimum absolute atomic E-state index is 0.00249. The Bertz CT molecular complexity index is 2780. The van der Waals surface area contributed by atoms with Gasteiger partial charge in [-0.15, -0.1) is 0 Å². The molecule has 4 aliphatic rings. The number of sulfonamides is 1. The summed E-state index contributed by atoms with van der Waals surface area (Å²) in [6, 6.07) is 16.8. The maximum absolute atomic E-state index is 14.9. The molecule has 2 saturated heterocycles. The van der Waals surface area contributed by atoms with E-state index in [0.717, 1.165) is 69.1 Å². The Labute approximate surface area is 396 Å². The number of amides is 1. The number of unbranched alkanes of at least 4 members (excludes halogenated alkanes) is 1. The van der Waals surface area contributed by atoms with Crippen LogP contribution in [0.15, 0.2) is 71.9 Å². The number of nitrogens with one attached hydrogen (secondary N) is 3. The third kappa shape index (κ3) is 9.99. The van der Waals surface area contributed by atoms with Gasteiger partial charge >= 0.3 is 5.69 Å².